The van der Waals surface area contributed by atoms with Gasteiger partial charge in [0, 0.05) is 13.1 Å². The smallest absolute Gasteiger partial charge is 0.0704 e. The second kappa shape index (κ2) is 8.12. The molecule has 0 aromatic heterocycles. The Labute approximate surface area is 94.5 Å². The molecular weight excluding hydrogens is 186 g/mol. The number of nitrogens with one attached hydrogen (secondary N) is 1. The van der Waals surface area contributed by atoms with E-state index in [1.165, 1.54) is 51.4 Å². The van der Waals surface area contributed by atoms with Gasteiger partial charge >= 0.3 is 0 Å². The summed E-state index contributed by atoms with van der Waals surface area (Å²) >= 11 is 0. The highest BCUT2D eigenvalue weighted by molar-refractivity contribution is 4.79. The Morgan fingerprint density at radius 3 is 2.27 bits per heavy atom. The molecule has 2 heteroatoms. The molecule has 2 atom stereocenters. The van der Waals surface area contributed by atoms with Gasteiger partial charge in [-0.05, 0) is 12.3 Å². The Hall–Kier alpha value is -0.0800. The van der Waals surface area contributed by atoms with E-state index in [9.17, 15) is 5.11 Å². The Morgan fingerprint density at radius 2 is 1.67 bits per heavy atom. The number of aliphatic hydroxyl groups excluding tert-OH is 1. The molecule has 90 valence electrons. The van der Waals surface area contributed by atoms with E-state index in [0.717, 1.165) is 13.1 Å². The number of rotatable bonds is 8. The highest BCUT2D eigenvalue weighted by atomic mass is 16.3. The van der Waals surface area contributed by atoms with Crippen molar-refractivity contribution < 1.29 is 5.11 Å². The standard InChI is InChI=1S/C13H27NO/c1-2-3-4-5-6-7-8-9-12-10-14-11-13(12)15/h12-15H,2-11H2,1H3. The number of hydrogen-bond acceptors (Lipinski definition) is 2. The quantitative estimate of drug-likeness (QED) is 0.608. The molecule has 0 aromatic rings. The fourth-order valence-corrected chi connectivity index (χ4v) is 2.38. The molecule has 1 fully saturated rings. The van der Waals surface area contributed by atoms with E-state index in [1.807, 2.05) is 0 Å². The second-order valence-electron chi connectivity index (χ2n) is 4.90. The van der Waals surface area contributed by atoms with Crippen molar-refractivity contribution in [1.82, 2.24) is 5.32 Å². The topological polar surface area (TPSA) is 32.3 Å². The number of unbranched alkanes of at least 4 members (excludes halogenated alkanes) is 6. The zero-order valence-corrected chi connectivity index (χ0v) is 10.2. The van der Waals surface area contributed by atoms with Gasteiger partial charge in [0.05, 0.1) is 6.10 Å². The minimum Gasteiger partial charge on any atom is -0.391 e. The van der Waals surface area contributed by atoms with E-state index in [4.69, 9.17) is 0 Å². The highest BCUT2D eigenvalue weighted by Crippen LogP contribution is 2.18. The lowest BCUT2D eigenvalue weighted by molar-refractivity contribution is 0.141. The van der Waals surface area contributed by atoms with Gasteiger partial charge in [-0.15, -0.1) is 0 Å². The summed E-state index contributed by atoms with van der Waals surface area (Å²) in [6.45, 7) is 4.09. The van der Waals surface area contributed by atoms with E-state index in [1.54, 1.807) is 0 Å². The molecule has 2 unspecified atom stereocenters. The van der Waals surface area contributed by atoms with Crippen molar-refractivity contribution in [3.63, 3.8) is 0 Å². The zero-order chi connectivity index (χ0) is 10.9. The molecule has 1 aliphatic rings. The molecule has 15 heavy (non-hydrogen) atoms. The normalized spacial score (nSPS) is 26.0. The van der Waals surface area contributed by atoms with Crippen LogP contribution in [0.15, 0.2) is 0 Å². The Kier molecular flexibility index (Phi) is 7.03. The third kappa shape index (κ3) is 5.53. The molecule has 0 bridgehead atoms. The maximum absolute atomic E-state index is 9.60. The van der Waals surface area contributed by atoms with Gasteiger partial charge in [-0.2, -0.15) is 0 Å². The van der Waals surface area contributed by atoms with Crippen molar-refractivity contribution in [2.24, 2.45) is 5.92 Å². The van der Waals surface area contributed by atoms with Crippen LogP contribution < -0.4 is 5.32 Å². The largest absolute Gasteiger partial charge is 0.391 e. The van der Waals surface area contributed by atoms with Crippen molar-refractivity contribution in [2.75, 3.05) is 13.1 Å². The van der Waals surface area contributed by atoms with Crippen LogP contribution in [0, 0.1) is 5.92 Å². The second-order valence-corrected chi connectivity index (χ2v) is 4.90. The van der Waals surface area contributed by atoms with Gasteiger partial charge in [-0.3, -0.25) is 0 Å². The monoisotopic (exact) mass is 213 g/mol. The van der Waals surface area contributed by atoms with E-state index in [2.05, 4.69) is 12.2 Å². The molecule has 0 saturated carbocycles. The number of β-amino-alcohol motifs (C(OH)–C–C–N with tert-alkyl or cyclic N) is 1. The summed E-state index contributed by atoms with van der Waals surface area (Å²) in [4.78, 5) is 0. The first kappa shape index (κ1) is 13.0. The SMILES string of the molecule is CCCCCCCCCC1CNCC1O. The predicted molar refractivity (Wildman–Crippen MR) is 65.0 cm³/mol. The van der Waals surface area contributed by atoms with Crippen molar-refractivity contribution in [3.8, 4) is 0 Å². The molecule has 2 N–H and O–H groups in total. The van der Waals surface area contributed by atoms with E-state index in [-0.39, 0.29) is 6.10 Å². The van der Waals surface area contributed by atoms with Gasteiger partial charge in [-0.25, -0.2) is 0 Å². The van der Waals surface area contributed by atoms with Crippen LogP contribution in [0.2, 0.25) is 0 Å². The molecule has 1 aliphatic heterocycles. The molecule has 0 amide bonds. The van der Waals surface area contributed by atoms with Crippen LogP contribution in [-0.4, -0.2) is 24.3 Å². The van der Waals surface area contributed by atoms with Crippen LogP contribution >= 0.6 is 0 Å². The van der Waals surface area contributed by atoms with Crippen LogP contribution in [0.1, 0.15) is 58.3 Å². The molecule has 0 aliphatic carbocycles. The fourth-order valence-electron chi connectivity index (χ4n) is 2.38. The molecule has 0 aromatic carbocycles. The maximum atomic E-state index is 9.60. The first-order chi connectivity index (χ1) is 7.34. The van der Waals surface area contributed by atoms with Gasteiger partial charge in [0.1, 0.15) is 0 Å². The molecule has 1 heterocycles. The lowest BCUT2D eigenvalue weighted by Crippen LogP contribution is -2.17. The first-order valence-corrected chi connectivity index (χ1v) is 6.73. The zero-order valence-electron chi connectivity index (χ0n) is 10.2. The van der Waals surface area contributed by atoms with Gasteiger partial charge in [0.15, 0.2) is 0 Å². The molecular formula is C13H27NO. The van der Waals surface area contributed by atoms with Crippen LogP contribution in [0.4, 0.5) is 0 Å². The summed E-state index contributed by atoms with van der Waals surface area (Å²) in [5.41, 5.74) is 0. The third-order valence-electron chi connectivity index (χ3n) is 3.48. The molecule has 2 nitrogen and oxygen atoms in total. The number of aliphatic hydroxyl groups is 1. The van der Waals surface area contributed by atoms with Gasteiger partial charge < -0.3 is 10.4 Å². The van der Waals surface area contributed by atoms with E-state index in [0.29, 0.717) is 5.92 Å². The highest BCUT2D eigenvalue weighted by Gasteiger charge is 2.23. The van der Waals surface area contributed by atoms with Crippen molar-refractivity contribution in [2.45, 2.75) is 64.4 Å². The minimum atomic E-state index is -0.0786. The first-order valence-electron chi connectivity index (χ1n) is 6.73. The summed E-state index contributed by atoms with van der Waals surface area (Å²) in [7, 11) is 0. The molecule has 0 radical (unpaired) electrons. The van der Waals surface area contributed by atoms with Crippen molar-refractivity contribution >= 4 is 0 Å². The van der Waals surface area contributed by atoms with Crippen LogP contribution in [0.25, 0.3) is 0 Å². The summed E-state index contributed by atoms with van der Waals surface area (Å²) in [6.07, 6.45) is 10.7. The summed E-state index contributed by atoms with van der Waals surface area (Å²) < 4.78 is 0. The Balaban J connectivity index is 1.84. The molecule has 1 saturated heterocycles. The summed E-state index contributed by atoms with van der Waals surface area (Å²) in [5.74, 6) is 0.528. The van der Waals surface area contributed by atoms with E-state index < -0.39 is 0 Å². The average Bonchev–Trinajstić information content (AvgIpc) is 2.63. The van der Waals surface area contributed by atoms with E-state index >= 15 is 0 Å². The van der Waals surface area contributed by atoms with Crippen LogP contribution in [0.3, 0.4) is 0 Å². The fraction of sp³-hybridized carbons (Fsp3) is 1.00. The van der Waals surface area contributed by atoms with Crippen LogP contribution in [-0.2, 0) is 0 Å². The van der Waals surface area contributed by atoms with Crippen molar-refractivity contribution in [1.29, 1.82) is 0 Å². The molecule has 0 spiro atoms. The van der Waals surface area contributed by atoms with Gasteiger partial charge in [-0.1, -0.05) is 51.9 Å². The van der Waals surface area contributed by atoms with Crippen molar-refractivity contribution in [3.05, 3.63) is 0 Å². The predicted octanol–water partition coefficient (Wildman–Crippen LogP) is 2.71. The lowest BCUT2D eigenvalue weighted by atomic mass is 9.97. The third-order valence-corrected chi connectivity index (χ3v) is 3.48. The van der Waals surface area contributed by atoms with Crippen LogP contribution in [0.5, 0.6) is 0 Å². The summed E-state index contributed by atoms with van der Waals surface area (Å²) in [5, 5.41) is 12.8. The Morgan fingerprint density at radius 1 is 1.00 bits per heavy atom. The maximum Gasteiger partial charge on any atom is 0.0704 e. The average molecular weight is 213 g/mol. The minimum absolute atomic E-state index is 0.0786. The van der Waals surface area contributed by atoms with Gasteiger partial charge in [0.2, 0.25) is 0 Å². The Bertz CT molecular complexity index is 149. The summed E-state index contributed by atoms with van der Waals surface area (Å²) in [6, 6.07) is 0. The molecule has 1 rings (SSSR count). The lowest BCUT2D eigenvalue weighted by Gasteiger charge is -2.12. The van der Waals surface area contributed by atoms with Gasteiger partial charge in [0.25, 0.3) is 0 Å². The number of hydrogen-bond donors (Lipinski definition) is 2.